The molecule has 2 amide bonds. The Kier molecular flexibility index (Phi) is 4.57. The summed E-state index contributed by atoms with van der Waals surface area (Å²) in [5.74, 6) is -2.95. The largest absolute Gasteiger partial charge is 0.495 e. The number of nitrogens with zero attached hydrogens (tertiary/aromatic N) is 1. The van der Waals surface area contributed by atoms with Gasteiger partial charge in [0.15, 0.2) is 0 Å². The van der Waals surface area contributed by atoms with Crippen LogP contribution >= 0.6 is 0 Å². The van der Waals surface area contributed by atoms with Crippen molar-refractivity contribution < 1.29 is 31.5 Å². The minimum absolute atomic E-state index is 0.0446. The normalized spacial score (nSPS) is 13.3. The number of methoxy groups -OCH3 is 1. The summed E-state index contributed by atoms with van der Waals surface area (Å²) in [6, 6.07) is 11.4. The van der Waals surface area contributed by atoms with Gasteiger partial charge < -0.3 is 4.74 Å². The standard InChI is InChI=1S/C23H14F2N2O5S/c1-32-19-11-17(25)16(14-3-2-4-15-21(14)23(29)26-22(15)28)10-20(19)33(30,31)27-8-7-12-9-13(24)5-6-18(12)27/h2-11H,1H3,(H,26,28,29). The third kappa shape index (κ3) is 3.10. The van der Waals surface area contributed by atoms with Crippen molar-refractivity contribution in [1.29, 1.82) is 0 Å². The summed E-state index contributed by atoms with van der Waals surface area (Å²) in [6.07, 6.45) is 1.26. The summed E-state index contributed by atoms with van der Waals surface area (Å²) in [5, 5.41) is 2.51. The molecule has 3 aromatic carbocycles. The van der Waals surface area contributed by atoms with Crippen LogP contribution in [0.15, 0.2) is 65.7 Å². The Morgan fingerprint density at radius 1 is 0.909 bits per heavy atom. The predicted octanol–water partition coefficient (Wildman–Crippen LogP) is 3.72. The van der Waals surface area contributed by atoms with Crippen molar-refractivity contribution in [3.05, 3.63) is 83.6 Å². The first-order valence-electron chi connectivity index (χ1n) is 9.61. The third-order valence-electron chi connectivity index (χ3n) is 5.46. The molecule has 0 aliphatic carbocycles. The number of benzene rings is 3. The van der Waals surface area contributed by atoms with Gasteiger partial charge in [-0.15, -0.1) is 0 Å². The molecule has 0 unspecified atom stereocenters. The molecule has 0 saturated heterocycles. The van der Waals surface area contributed by atoms with E-state index in [9.17, 15) is 22.4 Å². The number of amides is 2. The molecule has 0 fully saturated rings. The van der Waals surface area contributed by atoms with Crippen LogP contribution in [0.2, 0.25) is 0 Å². The maximum atomic E-state index is 15.1. The molecule has 1 aromatic heterocycles. The maximum Gasteiger partial charge on any atom is 0.271 e. The number of carbonyl (C=O) groups excluding carboxylic acids is 2. The topological polar surface area (TPSA) is 94.5 Å². The lowest BCUT2D eigenvalue weighted by Gasteiger charge is -2.15. The molecule has 10 heteroatoms. The highest BCUT2D eigenvalue weighted by Gasteiger charge is 2.32. The van der Waals surface area contributed by atoms with E-state index >= 15 is 4.39 Å². The summed E-state index contributed by atoms with van der Waals surface area (Å²) in [7, 11) is -3.13. The minimum atomic E-state index is -4.33. The fraction of sp³-hybridized carbons (Fsp3) is 0.0435. The van der Waals surface area contributed by atoms with E-state index < -0.39 is 33.5 Å². The molecule has 5 rings (SSSR count). The first-order chi connectivity index (χ1) is 15.7. The monoisotopic (exact) mass is 468 g/mol. The van der Waals surface area contributed by atoms with E-state index in [4.69, 9.17) is 4.74 Å². The average molecular weight is 468 g/mol. The highest BCUT2D eigenvalue weighted by molar-refractivity contribution is 7.90. The van der Waals surface area contributed by atoms with E-state index in [2.05, 4.69) is 5.32 Å². The van der Waals surface area contributed by atoms with Gasteiger partial charge in [-0.3, -0.25) is 14.9 Å². The average Bonchev–Trinajstić information content (AvgIpc) is 3.34. The van der Waals surface area contributed by atoms with Crippen LogP contribution in [-0.2, 0) is 10.0 Å². The van der Waals surface area contributed by atoms with E-state index in [1.54, 1.807) is 0 Å². The second-order valence-electron chi connectivity index (χ2n) is 7.31. The minimum Gasteiger partial charge on any atom is -0.495 e. The van der Waals surface area contributed by atoms with Crippen molar-refractivity contribution in [3.8, 4) is 16.9 Å². The number of hydrogen-bond donors (Lipinski definition) is 1. The Labute approximate surface area is 186 Å². The van der Waals surface area contributed by atoms with Gasteiger partial charge in [0.2, 0.25) is 0 Å². The molecule has 0 bridgehead atoms. The van der Waals surface area contributed by atoms with E-state index in [-0.39, 0.29) is 38.4 Å². The maximum absolute atomic E-state index is 15.1. The quantitative estimate of drug-likeness (QED) is 0.461. The first-order valence-corrected chi connectivity index (χ1v) is 11.0. The molecular formula is C23H14F2N2O5S. The number of hydrogen-bond acceptors (Lipinski definition) is 5. The molecule has 7 nitrogen and oxygen atoms in total. The molecule has 33 heavy (non-hydrogen) atoms. The fourth-order valence-electron chi connectivity index (χ4n) is 3.95. The number of fused-ring (bicyclic) bond motifs is 2. The van der Waals surface area contributed by atoms with Crippen molar-refractivity contribution in [3.63, 3.8) is 0 Å². The van der Waals surface area contributed by atoms with Gasteiger partial charge in [0, 0.05) is 23.2 Å². The lowest BCUT2D eigenvalue weighted by molar-refractivity contribution is 0.0880. The Morgan fingerprint density at radius 2 is 1.67 bits per heavy atom. The van der Waals surface area contributed by atoms with Crippen LogP contribution in [-0.4, -0.2) is 31.3 Å². The zero-order chi connectivity index (χ0) is 23.5. The van der Waals surface area contributed by atoms with Gasteiger partial charge in [-0.1, -0.05) is 12.1 Å². The molecule has 2 heterocycles. The highest BCUT2D eigenvalue weighted by Crippen LogP contribution is 2.37. The predicted molar refractivity (Wildman–Crippen MR) is 115 cm³/mol. The Balaban J connectivity index is 1.76. The zero-order valence-corrected chi connectivity index (χ0v) is 17.7. The number of nitrogens with one attached hydrogen (secondary N) is 1. The lowest BCUT2D eigenvalue weighted by atomic mass is 9.96. The Hall–Kier alpha value is -4.05. The van der Waals surface area contributed by atoms with Crippen LogP contribution < -0.4 is 10.1 Å². The van der Waals surface area contributed by atoms with E-state index in [1.807, 2.05) is 0 Å². The Bertz CT molecular complexity index is 1610. The van der Waals surface area contributed by atoms with Gasteiger partial charge >= 0.3 is 0 Å². The zero-order valence-electron chi connectivity index (χ0n) is 16.9. The van der Waals surface area contributed by atoms with Gasteiger partial charge in [-0.05, 0) is 42.0 Å². The Morgan fingerprint density at radius 3 is 2.42 bits per heavy atom. The van der Waals surface area contributed by atoms with Gasteiger partial charge in [0.25, 0.3) is 21.8 Å². The van der Waals surface area contributed by atoms with E-state index in [0.717, 1.165) is 22.2 Å². The van der Waals surface area contributed by atoms with E-state index in [0.29, 0.717) is 5.39 Å². The number of carbonyl (C=O) groups is 2. The molecule has 4 aromatic rings. The van der Waals surface area contributed by atoms with Crippen LogP contribution in [0.3, 0.4) is 0 Å². The van der Waals surface area contributed by atoms with Gasteiger partial charge in [-0.2, -0.15) is 0 Å². The second kappa shape index (κ2) is 7.24. The van der Waals surface area contributed by atoms with Crippen LogP contribution in [0.4, 0.5) is 8.78 Å². The van der Waals surface area contributed by atoms with Crippen LogP contribution in [0, 0.1) is 11.6 Å². The third-order valence-corrected chi connectivity index (χ3v) is 7.17. The molecule has 166 valence electrons. The smallest absolute Gasteiger partial charge is 0.271 e. The van der Waals surface area contributed by atoms with E-state index in [1.165, 1.54) is 49.7 Å². The molecule has 1 aliphatic rings. The van der Waals surface area contributed by atoms with Crippen molar-refractivity contribution in [2.45, 2.75) is 4.90 Å². The number of halogens is 2. The van der Waals surface area contributed by atoms with Crippen LogP contribution in [0.1, 0.15) is 20.7 Å². The SMILES string of the molecule is COc1cc(F)c(-c2cccc3c2C(=O)NC3=O)cc1S(=O)(=O)n1ccc2cc(F)ccc21. The van der Waals surface area contributed by atoms with Crippen molar-refractivity contribution in [2.24, 2.45) is 0 Å². The van der Waals surface area contributed by atoms with Crippen LogP contribution in [0.5, 0.6) is 5.75 Å². The fourth-order valence-corrected chi connectivity index (χ4v) is 5.47. The molecule has 0 saturated carbocycles. The van der Waals surface area contributed by atoms with Gasteiger partial charge in [0.1, 0.15) is 22.3 Å². The molecule has 0 spiro atoms. The number of aromatic nitrogens is 1. The summed E-state index contributed by atoms with van der Waals surface area (Å²) in [5.41, 5.74) is 0.104. The van der Waals surface area contributed by atoms with Crippen molar-refractivity contribution in [2.75, 3.05) is 7.11 Å². The number of rotatable bonds is 4. The lowest BCUT2D eigenvalue weighted by Crippen LogP contribution is -2.20. The summed E-state index contributed by atoms with van der Waals surface area (Å²) in [6.45, 7) is 0. The number of ether oxygens (including phenoxy) is 1. The molecule has 0 atom stereocenters. The highest BCUT2D eigenvalue weighted by atomic mass is 32.2. The van der Waals surface area contributed by atoms with Gasteiger partial charge in [-0.25, -0.2) is 21.2 Å². The van der Waals surface area contributed by atoms with Crippen LogP contribution in [0.25, 0.3) is 22.0 Å². The van der Waals surface area contributed by atoms with Gasteiger partial charge in [0.05, 0.1) is 23.8 Å². The molecule has 0 radical (unpaired) electrons. The molecule has 1 aliphatic heterocycles. The van der Waals surface area contributed by atoms with Crippen molar-refractivity contribution in [1.82, 2.24) is 9.29 Å². The summed E-state index contributed by atoms with van der Waals surface area (Å²) in [4.78, 5) is 23.9. The summed E-state index contributed by atoms with van der Waals surface area (Å²) < 4.78 is 61.8. The second-order valence-corrected chi connectivity index (χ2v) is 9.10. The molecular weight excluding hydrogens is 454 g/mol. The molecule has 1 N–H and O–H groups in total. The number of imide groups is 1. The first kappa shape index (κ1) is 20.8. The summed E-state index contributed by atoms with van der Waals surface area (Å²) >= 11 is 0. The van der Waals surface area contributed by atoms with Crippen molar-refractivity contribution >= 4 is 32.7 Å².